The largest absolute Gasteiger partial charge is 0.357 e. The maximum Gasteiger partial charge on any atom is 0.191 e. The van der Waals surface area contributed by atoms with E-state index in [4.69, 9.17) is 4.99 Å². The van der Waals surface area contributed by atoms with Crippen LogP contribution in [0.2, 0.25) is 0 Å². The van der Waals surface area contributed by atoms with Gasteiger partial charge >= 0.3 is 0 Å². The van der Waals surface area contributed by atoms with Gasteiger partial charge in [0.1, 0.15) is 0 Å². The first-order valence-electron chi connectivity index (χ1n) is 8.22. The van der Waals surface area contributed by atoms with Gasteiger partial charge in [0.15, 0.2) is 5.96 Å². The van der Waals surface area contributed by atoms with E-state index in [-0.39, 0.29) is 0 Å². The van der Waals surface area contributed by atoms with E-state index in [2.05, 4.69) is 57.1 Å². The minimum Gasteiger partial charge on any atom is -0.357 e. The molecule has 2 atom stereocenters. The molecule has 0 amide bonds. The second-order valence-electron chi connectivity index (χ2n) is 6.72. The number of nitrogens with one attached hydrogen (secondary N) is 2. The van der Waals surface area contributed by atoms with Crippen molar-refractivity contribution < 1.29 is 0 Å². The van der Waals surface area contributed by atoms with Crippen LogP contribution in [0, 0.1) is 11.8 Å². The van der Waals surface area contributed by atoms with Crippen molar-refractivity contribution in [1.29, 1.82) is 0 Å². The van der Waals surface area contributed by atoms with Crippen LogP contribution in [0.3, 0.4) is 0 Å². The normalized spacial score (nSPS) is 24.7. The van der Waals surface area contributed by atoms with Gasteiger partial charge in [-0.3, -0.25) is 9.89 Å². The van der Waals surface area contributed by atoms with Gasteiger partial charge in [-0.15, -0.1) is 0 Å². The first kappa shape index (κ1) is 17.3. The number of rotatable bonds is 6. The van der Waals surface area contributed by atoms with E-state index in [0.717, 1.165) is 32.0 Å². The Labute approximate surface area is 125 Å². The Hall–Kier alpha value is -0.770. The highest BCUT2D eigenvalue weighted by atomic mass is 15.3. The third-order valence-corrected chi connectivity index (χ3v) is 4.01. The monoisotopic (exact) mass is 282 g/mol. The smallest absolute Gasteiger partial charge is 0.191 e. The van der Waals surface area contributed by atoms with Crippen LogP contribution in [-0.4, -0.2) is 49.1 Å². The van der Waals surface area contributed by atoms with E-state index in [1.807, 2.05) is 0 Å². The first-order valence-corrected chi connectivity index (χ1v) is 8.22. The molecule has 1 aliphatic rings. The predicted molar refractivity (Wildman–Crippen MR) is 88.2 cm³/mol. The molecule has 0 aromatic heterocycles. The van der Waals surface area contributed by atoms with Crippen molar-refractivity contribution in [1.82, 2.24) is 15.5 Å². The summed E-state index contributed by atoms with van der Waals surface area (Å²) >= 11 is 0. The molecule has 4 nitrogen and oxygen atoms in total. The number of hydrogen-bond donors (Lipinski definition) is 2. The van der Waals surface area contributed by atoms with Crippen molar-refractivity contribution in [2.75, 3.05) is 26.2 Å². The zero-order chi connectivity index (χ0) is 15.1. The van der Waals surface area contributed by atoms with Gasteiger partial charge in [-0.1, -0.05) is 20.8 Å². The number of aliphatic imine (C=N–C) groups is 1. The van der Waals surface area contributed by atoms with Crippen molar-refractivity contribution in [3.05, 3.63) is 0 Å². The number of nitrogens with zero attached hydrogens (tertiary/aromatic N) is 2. The quantitative estimate of drug-likeness (QED) is 0.580. The zero-order valence-corrected chi connectivity index (χ0v) is 14.2. The van der Waals surface area contributed by atoms with Gasteiger partial charge in [-0.2, -0.15) is 0 Å². The summed E-state index contributed by atoms with van der Waals surface area (Å²) in [6.07, 6.45) is 1.15. The SMILES string of the molecule is CCNC(=NCCC(C)C)NC1CN(C(C)C)CC1C. The Morgan fingerprint density at radius 1 is 1.25 bits per heavy atom. The fourth-order valence-corrected chi connectivity index (χ4v) is 2.54. The van der Waals surface area contributed by atoms with Crippen LogP contribution >= 0.6 is 0 Å². The van der Waals surface area contributed by atoms with E-state index in [0.29, 0.717) is 23.9 Å². The lowest BCUT2D eigenvalue weighted by molar-refractivity contribution is 0.265. The van der Waals surface area contributed by atoms with E-state index in [1.165, 1.54) is 6.54 Å². The summed E-state index contributed by atoms with van der Waals surface area (Å²) in [5.41, 5.74) is 0. The van der Waals surface area contributed by atoms with Crippen LogP contribution in [0.1, 0.15) is 48.0 Å². The van der Waals surface area contributed by atoms with Crippen molar-refractivity contribution in [2.45, 2.75) is 60.0 Å². The summed E-state index contributed by atoms with van der Waals surface area (Å²) in [7, 11) is 0. The molecule has 1 fully saturated rings. The predicted octanol–water partition coefficient (Wildman–Crippen LogP) is 2.32. The summed E-state index contributed by atoms with van der Waals surface area (Å²) < 4.78 is 0. The van der Waals surface area contributed by atoms with Gasteiger partial charge in [0.2, 0.25) is 0 Å². The number of hydrogen-bond acceptors (Lipinski definition) is 2. The van der Waals surface area contributed by atoms with Crippen LogP contribution in [-0.2, 0) is 0 Å². The van der Waals surface area contributed by atoms with Crippen LogP contribution in [0.5, 0.6) is 0 Å². The maximum atomic E-state index is 4.70. The van der Waals surface area contributed by atoms with Crippen molar-refractivity contribution in [3.63, 3.8) is 0 Å². The molecule has 0 aliphatic carbocycles. The molecule has 4 heteroatoms. The van der Waals surface area contributed by atoms with E-state index < -0.39 is 0 Å². The molecule has 0 radical (unpaired) electrons. The summed E-state index contributed by atoms with van der Waals surface area (Å²) in [4.78, 5) is 7.24. The van der Waals surface area contributed by atoms with Crippen LogP contribution < -0.4 is 10.6 Å². The lowest BCUT2D eigenvalue weighted by Gasteiger charge is -2.22. The Balaban J connectivity index is 2.52. The van der Waals surface area contributed by atoms with Crippen molar-refractivity contribution in [3.8, 4) is 0 Å². The van der Waals surface area contributed by atoms with Gasteiger partial charge in [-0.25, -0.2) is 0 Å². The number of likely N-dealkylation sites (tertiary alicyclic amines) is 1. The van der Waals surface area contributed by atoms with Crippen molar-refractivity contribution >= 4 is 5.96 Å². The standard InChI is InChI=1S/C16H34N4/c1-7-17-16(18-9-8-12(2)3)19-15-11-20(13(4)5)10-14(15)6/h12-15H,7-11H2,1-6H3,(H2,17,18,19). The van der Waals surface area contributed by atoms with Gasteiger partial charge in [-0.05, 0) is 39.0 Å². The number of guanidine groups is 1. The molecule has 0 bridgehead atoms. The Bertz CT molecular complexity index is 299. The summed E-state index contributed by atoms with van der Waals surface area (Å²) in [5.74, 6) is 2.37. The highest BCUT2D eigenvalue weighted by molar-refractivity contribution is 5.80. The van der Waals surface area contributed by atoms with E-state index in [9.17, 15) is 0 Å². The molecule has 1 heterocycles. The molecule has 118 valence electrons. The Kier molecular flexibility index (Phi) is 7.35. The molecule has 0 spiro atoms. The second-order valence-corrected chi connectivity index (χ2v) is 6.72. The summed E-state index contributed by atoms with van der Waals surface area (Å²) in [5, 5.41) is 6.99. The van der Waals surface area contributed by atoms with Crippen LogP contribution in [0.4, 0.5) is 0 Å². The lowest BCUT2D eigenvalue weighted by atomic mass is 10.1. The zero-order valence-electron chi connectivity index (χ0n) is 14.2. The van der Waals surface area contributed by atoms with E-state index >= 15 is 0 Å². The molecule has 2 unspecified atom stereocenters. The molecule has 0 saturated carbocycles. The third kappa shape index (κ3) is 5.70. The average molecular weight is 282 g/mol. The lowest BCUT2D eigenvalue weighted by Crippen LogP contribution is -2.46. The molecule has 0 aromatic rings. The summed E-state index contributed by atoms with van der Waals surface area (Å²) in [6, 6.07) is 1.14. The molecule has 1 aliphatic heterocycles. The first-order chi connectivity index (χ1) is 9.43. The highest BCUT2D eigenvalue weighted by Crippen LogP contribution is 2.18. The fraction of sp³-hybridized carbons (Fsp3) is 0.938. The highest BCUT2D eigenvalue weighted by Gasteiger charge is 2.31. The molecule has 1 rings (SSSR count). The minimum atomic E-state index is 0.509. The van der Waals surface area contributed by atoms with Gasteiger partial charge in [0.05, 0.1) is 0 Å². The second kappa shape index (κ2) is 8.50. The molecule has 1 saturated heterocycles. The molecule has 20 heavy (non-hydrogen) atoms. The Morgan fingerprint density at radius 3 is 2.45 bits per heavy atom. The molecular weight excluding hydrogens is 248 g/mol. The van der Waals surface area contributed by atoms with Crippen molar-refractivity contribution in [2.24, 2.45) is 16.8 Å². The van der Waals surface area contributed by atoms with Crippen LogP contribution in [0.15, 0.2) is 4.99 Å². The molecular formula is C16H34N4. The van der Waals surface area contributed by atoms with Gasteiger partial charge in [0.25, 0.3) is 0 Å². The molecule has 0 aromatic carbocycles. The van der Waals surface area contributed by atoms with E-state index in [1.54, 1.807) is 0 Å². The van der Waals surface area contributed by atoms with Gasteiger partial charge in [0, 0.05) is 38.3 Å². The third-order valence-electron chi connectivity index (χ3n) is 4.01. The average Bonchev–Trinajstić information content (AvgIpc) is 2.71. The van der Waals surface area contributed by atoms with Gasteiger partial charge < -0.3 is 10.6 Å². The maximum absolute atomic E-state index is 4.70. The minimum absolute atomic E-state index is 0.509. The van der Waals surface area contributed by atoms with Crippen LogP contribution in [0.25, 0.3) is 0 Å². The topological polar surface area (TPSA) is 39.7 Å². The summed E-state index contributed by atoms with van der Waals surface area (Å²) in [6.45, 7) is 17.6. The fourth-order valence-electron chi connectivity index (χ4n) is 2.54. The molecule has 2 N–H and O–H groups in total. The Morgan fingerprint density at radius 2 is 1.95 bits per heavy atom.